The zero-order chi connectivity index (χ0) is 16.9. The van der Waals surface area contributed by atoms with Crippen molar-refractivity contribution in [2.45, 2.75) is 85.4 Å². The summed E-state index contributed by atoms with van der Waals surface area (Å²) in [5.74, 6) is 0. The van der Waals surface area contributed by atoms with Crippen molar-refractivity contribution in [3.05, 3.63) is 0 Å². The maximum absolute atomic E-state index is 6.39. The van der Waals surface area contributed by atoms with Gasteiger partial charge < -0.3 is 17.4 Å². The minimum Gasteiger partial charge on any atom is -0.394 e. The van der Waals surface area contributed by atoms with Crippen molar-refractivity contribution in [3.63, 3.8) is 0 Å². The van der Waals surface area contributed by atoms with E-state index in [2.05, 4.69) is 20.0 Å². The molecule has 0 heterocycles. The van der Waals surface area contributed by atoms with Gasteiger partial charge in [-0.25, -0.2) is 0 Å². The van der Waals surface area contributed by atoms with Crippen molar-refractivity contribution >= 4 is 17.4 Å². The van der Waals surface area contributed by atoms with Crippen LogP contribution in [0.25, 0.3) is 0 Å². The molecule has 0 N–H and O–H groups in total. The Balaban J connectivity index is 4.39. The third-order valence-electron chi connectivity index (χ3n) is 3.50. The van der Waals surface area contributed by atoms with Crippen molar-refractivity contribution in [2.24, 2.45) is 0 Å². The second kappa shape index (κ2) is 12.7. The van der Waals surface area contributed by atoms with Gasteiger partial charge in [-0.05, 0) is 39.9 Å². The van der Waals surface area contributed by atoms with Gasteiger partial charge in [-0.1, -0.05) is 45.4 Å². The van der Waals surface area contributed by atoms with Crippen LogP contribution in [0.3, 0.4) is 0 Å². The van der Waals surface area contributed by atoms with Crippen molar-refractivity contribution in [2.75, 3.05) is 19.8 Å². The minimum atomic E-state index is -2.95. The fourth-order valence-electron chi connectivity index (χ4n) is 2.46. The Morgan fingerprint density at radius 3 is 1.55 bits per heavy atom. The van der Waals surface area contributed by atoms with E-state index in [0.29, 0.717) is 19.8 Å². The molecule has 134 valence electrons. The highest BCUT2D eigenvalue weighted by atomic mass is 28.5. The van der Waals surface area contributed by atoms with E-state index in [0.717, 1.165) is 6.04 Å². The Hall–Kier alpha value is 0.274. The van der Waals surface area contributed by atoms with E-state index in [1.807, 2.05) is 20.8 Å². The van der Waals surface area contributed by atoms with Crippen LogP contribution >= 0.6 is 0 Å². The van der Waals surface area contributed by atoms with Gasteiger partial charge in [0, 0.05) is 19.8 Å². The van der Waals surface area contributed by atoms with E-state index < -0.39 is 17.4 Å². The van der Waals surface area contributed by atoms with Crippen LogP contribution in [0.1, 0.15) is 66.2 Å². The van der Waals surface area contributed by atoms with Gasteiger partial charge in [-0.3, -0.25) is 0 Å². The number of hydrogen-bond acceptors (Lipinski definition) is 4. The van der Waals surface area contributed by atoms with Crippen LogP contribution in [0.4, 0.5) is 0 Å². The molecular formula is C16H38O4Si2. The van der Waals surface area contributed by atoms with Gasteiger partial charge in [0.05, 0.1) is 0 Å². The molecule has 6 heteroatoms. The number of rotatable bonds is 15. The standard InChI is InChI=1S/C16H38O4Si2/c1-7-11-12-13-14-15-16-21(5,6)20-22(17-8-2,18-9-3)19-10-4/h7-16H2,1-6H3. The number of hydrogen-bond donors (Lipinski definition) is 0. The van der Waals surface area contributed by atoms with Crippen LogP contribution in [0, 0.1) is 0 Å². The Labute approximate surface area is 140 Å². The molecule has 0 unspecified atom stereocenters. The van der Waals surface area contributed by atoms with Gasteiger partial charge in [0.2, 0.25) is 0 Å². The van der Waals surface area contributed by atoms with Crippen LogP contribution in [0.2, 0.25) is 19.1 Å². The Kier molecular flexibility index (Phi) is 12.8. The zero-order valence-electron chi connectivity index (χ0n) is 15.7. The highest BCUT2D eigenvalue weighted by Gasteiger charge is 2.49. The second-order valence-corrected chi connectivity index (χ2v) is 12.9. The first kappa shape index (κ1) is 22.3. The topological polar surface area (TPSA) is 36.9 Å². The van der Waals surface area contributed by atoms with Gasteiger partial charge in [0.25, 0.3) is 0 Å². The summed E-state index contributed by atoms with van der Waals surface area (Å²) in [5.41, 5.74) is 0. The molecule has 0 aliphatic rings. The van der Waals surface area contributed by atoms with Crippen LogP contribution in [-0.2, 0) is 17.4 Å². The summed E-state index contributed by atoms with van der Waals surface area (Å²) in [5, 5.41) is 0. The molecule has 0 aliphatic carbocycles. The highest BCUT2D eigenvalue weighted by molar-refractivity contribution is 6.79. The van der Waals surface area contributed by atoms with Gasteiger partial charge >= 0.3 is 9.05 Å². The van der Waals surface area contributed by atoms with Crippen LogP contribution in [-0.4, -0.2) is 37.2 Å². The summed E-state index contributed by atoms with van der Waals surface area (Å²) in [4.78, 5) is 0. The first-order chi connectivity index (χ1) is 10.4. The van der Waals surface area contributed by atoms with E-state index in [4.69, 9.17) is 17.4 Å². The van der Waals surface area contributed by atoms with E-state index in [-0.39, 0.29) is 0 Å². The van der Waals surface area contributed by atoms with E-state index in [1.54, 1.807) is 0 Å². The molecule has 4 nitrogen and oxygen atoms in total. The first-order valence-corrected chi connectivity index (χ1v) is 13.8. The SMILES string of the molecule is CCCCCCCC[Si](C)(C)O[Si](OCC)(OCC)OCC. The molecule has 0 fully saturated rings. The van der Waals surface area contributed by atoms with Crippen molar-refractivity contribution in [3.8, 4) is 0 Å². The molecule has 22 heavy (non-hydrogen) atoms. The Morgan fingerprint density at radius 1 is 0.636 bits per heavy atom. The monoisotopic (exact) mass is 350 g/mol. The van der Waals surface area contributed by atoms with E-state index in [9.17, 15) is 0 Å². The van der Waals surface area contributed by atoms with Gasteiger partial charge in [-0.2, -0.15) is 0 Å². The third kappa shape index (κ3) is 10.1. The molecule has 0 aromatic rings. The Morgan fingerprint density at radius 2 is 1.09 bits per heavy atom. The van der Waals surface area contributed by atoms with Crippen LogP contribution in [0.15, 0.2) is 0 Å². The summed E-state index contributed by atoms with van der Waals surface area (Å²) in [6, 6.07) is 1.14. The molecule has 0 aromatic carbocycles. The maximum atomic E-state index is 6.39. The van der Waals surface area contributed by atoms with E-state index >= 15 is 0 Å². The molecule has 0 saturated heterocycles. The molecule has 0 radical (unpaired) electrons. The summed E-state index contributed by atoms with van der Waals surface area (Å²) in [7, 11) is -4.78. The van der Waals surface area contributed by atoms with E-state index in [1.165, 1.54) is 38.5 Å². The predicted molar refractivity (Wildman–Crippen MR) is 97.4 cm³/mol. The lowest BCUT2D eigenvalue weighted by Crippen LogP contribution is -2.55. The smallest absolute Gasteiger partial charge is 0.394 e. The van der Waals surface area contributed by atoms with Gasteiger partial charge in [0.15, 0.2) is 8.32 Å². The lowest BCUT2D eigenvalue weighted by molar-refractivity contribution is 0.00689. The predicted octanol–water partition coefficient (Wildman–Crippen LogP) is 5.11. The van der Waals surface area contributed by atoms with Crippen LogP contribution < -0.4 is 0 Å². The highest BCUT2D eigenvalue weighted by Crippen LogP contribution is 2.24. The fraction of sp³-hybridized carbons (Fsp3) is 1.00. The molecule has 0 bridgehead atoms. The Bertz CT molecular complexity index is 246. The molecule has 0 atom stereocenters. The van der Waals surface area contributed by atoms with Gasteiger partial charge in [0.1, 0.15) is 0 Å². The van der Waals surface area contributed by atoms with Crippen molar-refractivity contribution in [1.29, 1.82) is 0 Å². The molecule has 0 amide bonds. The average molecular weight is 351 g/mol. The molecule has 0 rings (SSSR count). The largest absolute Gasteiger partial charge is 0.669 e. The quantitative estimate of drug-likeness (QED) is 0.304. The number of unbranched alkanes of at least 4 members (excludes halogenated alkanes) is 5. The normalized spacial score (nSPS) is 12.8. The van der Waals surface area contributed by atoms with Crippen molar-refractivity contribution < 1.29 is 17.4 Å². The average Bonchev–Trinajstić information content (AvgIpc) is 2.43. The maximum Gasteiger partial charge on any atom is 0.669 e. The summed E-state index contributed by atoms with van der Waals surface area (Å²) in [6.45, 7) is 14.3. The zero-order valence-corrected chi connectivity index (χ0v) is 17.7. The van der Waals surface area contributed by atoms with Crippen LogP contribution in [0.5, 0.6) is 0 Å². The molecular weight excluding hydrogens is 312 g/mol. The second-order valence-electron chi connectivity index (χ2n) is 6.18. The molecule has 0 aromatic heterocycles. The summed E-state index contributed by atoms with van der Waals surface area (Å²) >= 11 is 0. The van der Waals surface area contributed by atoms with Gasteiger partial charge in [-0.15, -0.1) is 0 Å². The summed E-state index contributed by atoms with van der Waals surface area (Å²) < 4.78 is 23.8. The fourth-order valence-corrected chi connectivity index (χ4v) is 8.70. The third-order valence-corrected chi connectivity index (χ3v) is 10.2. The van der Waals surface area contributed by atoms with Crippen molar-refractivity contribution in [1.82, 2.24) is 0 Å². The molecule has 0 saturated carbocycles. The minimum absolute atomic E-state index is 0.563. The lowest BCUT2D eigenvalue weighted by Gasteiger charge is -2.34. The first-order valence-electron chi connectivity index (χ1n) is 9.07. The molecule has 0 aliphatic heterocycles. The summed E-state index contributed by atoms with van der Waals surface area (Å²) in [6.07, 6.45) is 7.88. The molecule has 0 spiro atoms. The lowest BCUT2D eigenvalue weighted by atomic mass is 10.1.